The molecule has 6 nitrogen and oxygen atoms in total. The lowest BCUT2D eigenvalue weighted by atomic mass is 9.62. The molecule has 1 atom stereocenters. The molecule has 1 amide bonds. The number of carbonyl (C=O) groups excluding carboxylic acids is 1. The highest BCUT2D eigenvalue weighted by Gasteiger charge is 2.53. The van der Waals surface area contributed by atoms with E-state index >= 15 is 0 Å². The van der Waals surface area contributed by atoms with Crippen molar-refractivity contribution < 1.29 is 9.53 Å². The van der Waals surface area contributed by atoms with Crippen molar-refractivity contribution in [1.29, 1.82) is 0 Å². The molecule has 144 valence electrons. The number of aryl methyl sites for hydroxylation is 1. The van der Waals surface area contributed by atoms with Gasteiger partial charge in [-0.05, 0) is 48.9 Å². The number of amides is 1. The fourth-order valence-corrected chi connectivity index (χ4v) is 4.49. The summed E-state index contributed by atoms with van der Waals surface area (Å²) in [5.41, 5.74) is 0.161. The third-order valence-corrected chi connectivity index (χ3v) is 6.20. The summed E-state index contributed by atoms with van der Waals surface area (Å²) in [7, 11) is 0. The van der Waals surface area contributed by atoms with Crippen LogP contribution in [0.5, 0.6) is 5.75 Å². The molecule has 1 aliphatic heterocycles. The Balaban J connectivity index is 1.44. The smallest absolute Gasteiger partial charge is 0.260 e. The molecule has 1 aromatic heterocycles. The summed E-state index contributed by atoms with van der Waals surface area (Å²) in [6.45, 7) is 4.61. The molecular weight excluding hydrogens is 364 g/mol. The Labute approximate surface area is 164 Å². The first kappa shape index (κ1) is 18.3. The largest absolute Gasteiger partial charge is 0.484 e. The van der Waals surface area contributed by atoms with Crippen LogP contribution in [-0.2, 0) is 11.3 Å². The van der Waals surface area contributed by atoms with Gasteiger partial charge in [0.25, 0.3) is 5.91 Å². The number of rotatable bonds is 6. The third kappa shape index (κ3) is 3.55. The maximum absolute atomic E-state index is 12.8. The lowest BCUT2D eigenvalue weighted by Crippen LogP contribution is -2.39. The number of hydrogen-bond acceptors (Lipinski definition) is 4. The Bertz CT molecular complexity index is 801. The topological polar surface area (TPSA) is 60.2 Å². The molecule has 1 aromatic carbocycles. The number of aromatic nitrogens is 3. The van der Waals surface area contributed by atoms with Crippen molar-refractivity contribution in [3.63, 3.8) is 0 Å². The van der Waals surface area contributed by atoms with Crippen molar-refractivity contribution >= 4 is 17.5 Å². The summed E-state index contributed by atoms with van der Waals surface area (Å²) in [5.74, 6) is 1.98. The van der Waals surface area contributed by atoms with E-state index in [9.17, 15) is 4.79 Å². The second kappa shape index (κ2) is 7.50. The molecule has 4 rings (SSSR count). The van der Waals surface area contributed by atoms with Gasteiger partial charge in [0.1, 0.15) is 17.9 Å². The van der Waals surface area contributed by atoms with Gasteiger partial charge < -0.3 is 14.2 Å². The molecule has 2 fully saturated rings. The molecule has 2 heterocycles. The predicted molar refractivity (Wildman–Crippen MR) is 103 cm³/mol. The number of nitrogens with zero attached hydrogens (tertiary/aromatic N) is 4. The molecule has 2 aliphatic rings. The van der Waals surface area contributed by atoms with Gasteiger partial charge >= 0.3 is 0 Å². The highest BCUT2D eigenvalue weighted by atomic mass is 35.5. The lowest BCUT2D eigenvalue weighted by molar-refractivity contribution is -0.133. The second-order valence-electron chi connectivity index (χ2n) is 7.67. The molecule has 27 heavy (non-hydrogen) atoms. The van der Waals surface area contributed by atoms with Gasteiger partial charge in [0, 0.05) is 30.6 Å². The first-order chi connectivity index (χ1) is 13.1. The molecule has 1 saturated heterocycles. The van der Waals surface area contributed by atoms with Crippen molar-refractivity contribution in [2.45, 2.75) is 45.1 Å². The molecule has 1 saturated carbocycles. The lowest BCUT2D eigenvalue weighted by Gasteiger charge is -2.42. The normalized spacial score (nSPS) is 20.7. The summed E-state index contributed by atoms with van der Waals surface area (Å²) in [6.07, 6.45) is 6.39. The van der Waals surface area contributed by atoms with Gasteiger partial charge in [-0.1, -0.05) is 24.9 Å². The van der Waals surface area contributed by atoms with Crippen molar-refractivity contribution in [3.8, 4) is 5.75 Å². The minimum Gasteiger partial charge on any atom is -0.484 e. The fraction of sp³-hybridized carbons (Fsp3) is 0.550. The van der Waals surface area contributed by atoms with Crippen LogP contribution >= 0.6 is 11.6 Å². The molecule has 1 unspecified atom stereocenters. The van der Waals surface area contributed by atoms with Gasteiger partial charge in [-0.25, -0.2) is 0 Å². The summed E-state index contributed by atoms with van der Waals surface area (Å²) in [4.78, 5) is 14.7. The van der Waals surface area contributed by atoms with Gasteiger partial charge in [0.05, 0.1) is 0 Å². The molecule has 7 heteroatoms. The zero-order chi connectivity index (χ0) is 18.9. The molecule has 1 spiro atoms. The van der Waals surface area contributed by atoms with E-state index in [2.05, 4.69) is 21.7 Å². The van der Waals surface area contributed by atoms with Crippen LogP contribution in [0.3, 0.4) is 0 Å². The SMILES string of the molecule is CCCn1cnnc1C1CN(C(=O)COc2ccc(Cl)cc2)CC12CCC2. The highest BCUT2D eigenvalue weighted by Crippen LogP contribution is 2.55. The van der Waals surface area contributed by atoms with Gasteiger partial charge in [-0.3, -0.25) is 4.79 Å². The quantitative estimate of drug-likeness (QED) is 0.759. The standard InChI is InChI=1S/C20H25ClN4O2/c1-2-10-24-14-22-23-19(24)17-11-25(13-20(17)8-3-9-20)18(26)12-27-16-6-4-15(21)5-7-16/h4-7,14,17H,2-3,8-13H2,1H3. The predicted octanol–water partition coefficient (Wildman–Crippen LogP) is 3.52. The second-order valence-corrected chi connectivity index (χ2v) is 8.10. The molecule has 0 N–H and O–H groups in total. The minimum atomic E-state index is 0.0280. The van der Waals surface area contributed by atoms with Gasteiger partial charge in [-0.15, -0.1) is 10.2 Å². The van der Waals surface area contributed by atoms with Crippen molar-refractivity contribution in [3.05, 3.63) is 41.4 Å². The average molecular weight is 389 g/mol. The van der Waals surface area contributed by atoms with Crippen LogP contribution in [0, 0.1) is 5.41 Å². The highest BCUT2D eigenvalue weighted by molar-refractivity contribution is 6.30. The minimum absolute atomic E-state index is 0.0280. The molecular formula is C20H25ClN4O2. The maximum atomic E-state index is 12.8. The van der Waals surface area contributed by atoms with Crippen molar-refractivity contribution in [2.75, 3.05) is 19.7 Å². The van der Waals surface area contributed by atoms with Crippen LogP contribution in [0.4, 0.5) is 0 Å². The third-order valence-electron chi connectivity index (χ3n) is 5.95. The zero-order valence-electron chi connectivity index (χ0n) is 15.6. The van der Waals surface area contributed by atoms with E-state index < -0.39 is 0 Å². The van der Waals surface area contributed by atoms with Crippen LogP contribution < -0.4 is 4.74 Å². The van der Waals surface area contributed by atoms with Crippen molar-refractivity contribution in [1.82, 2.24) is 19.7 Å². The van der Waals surface area contributed by atoms with Crippen LogP contribution in [0.1, 0.15) is 44.3 Å². The number of likely N-dealkylation sites (tertiary alicyclic amines) is 1. The van der Waals surface area contributed by atoms with E-state index in [4.69, 9.17) is 16.3 Å². The fourth-order valence-electron chi connectivity index (χ4n) is 4.37. The van der Waals surface area contributed by atoms with E-state index in [1.165, 1.54) is 6.42 Å². The van der Waals surface area contributed by atoms with Gasteiger partial charge in [-0.2, -0.15) is 0 Å². The van der Waals surface area contributed by atoms with E-state index in [0.29, 0.717) is 17.3 Å². The summed E-state index contributed by atoms with van der Waals surface area (Å²) < 4.78 is 7.82. The van der Waals surface area contributed by atoms with E-state index in [1.807, 2.05) is 11.2 Å². The Kier molecular flexibility index (Phi) is 5.08. The zero-order valence-corrected chi connectivity index (χ0v) is 16.4. The van der Waals surface area contributed by atoms with Crippen LogP contribution in [0.15, 0.2) is 30.6 Å². The van der Waals surface area contributed by atoms with E-state index in [-0.39, 0.29) is 23.8 Å². The van der Waals surface area contributed by atoms with Gasteiger partial charge in [0.15, 0.2) is 6.61 Å². The number of hydrogen-bond donors (Lipinski definition) is 0. The number of benzene rings is 1. The molecule has 0 radical (unpaired) electrons. The van der Waals surface area contributed by atoms with Crippen LogP contribution in [-0.4, -0.2) is 45.3 Å². The van der Waals surface area contributed by atoms with E-state index in [0.717, 1.165) is 38.2 Å². The Morgan fingerprint density at radius 2 is 2.11 bits per heavy atom. The van der Waals surface area contributed by atoms with Gasteiger partial charge in [0.2, 0.25) is 0 Å². The molecule has 0 bridgehead atoms. The first-order valence-corrected chi connectivity index (χ1v) is 10.0. The Hall–Kier alpha value is -2.08. The average Bonchev–Trinajstić information content (AvgIpc) is 3.25. The summed E-state index contributed by atoms with van der Waals surface area (Å²) in [6, 6.07) is 7.08. The summed E-state index contributed by atoms with van der Waals surface area (Å²) in [5, 5.41) is 9.21. The summed E-state index contributed by atoms with van der Waals surface area (Å²) >= 11 is 5.89. The number of halogens is 1. The van der Waals surface area contributed by atoms with Crippen LogP contribution in [0.2, 0.25) is 5.02 Å². The number of carbonyl (C=O) groups is 1. The maximum Gasteiger partial charge on any atom is 0.260 e. The van der Waals surface area contributed by atoms with E-state index in [1.54, 1.807) is 24.3 Å². The first-order valence-electron chi connectivity index (χ1n) is 9.65. The van der Waals surface area contributed by atoms with Crippen molar-refractivity contribution in [2.24, 2.45) is 5.41 Å². The Morgan fingerprint density at radius 1 is 1.33 bits per heavy atom. The monoisotopic (exact) mass is 388 g/mol. The number of ether oxygens (including phenoxy) is 1. The van der Waals surface area contributed by atoms with Crippen LogP contribution in [0.25, 0.3) is 0 Å². The Morgan fingerprint density at radius 3 is 2.78 bits per heavy atom. The molecule has 2 aromatic rings. The molecule has 1 aliphatic carbocycles.